The van der Waals surface area contributed by atoms with Crippen molar-refractivity contribution in [3.63, 3.8) is 0 Å². The van der Waals surface area contributed by atoms with Gasteiger partial charge < -0.3 is 10.2 Å². The lowest BCUT2D eigenvalue weighted by molar-refractivity contribution is -0.137. The largest absolute Gasteiger partial charge is 0.418 e. The van der Waals surface area contributed by atoms with Gasteiger partial charge in [-0.15, -0.1) is 0 Å². The standard InChI is InChI=1S/C19H23F3N2O2/c1-24(18(26)10-14-9-12-6-7-13(14)8-12)11-17(25)23-16-5-3-2-4-15(16)19(20,21)22/h2-5,12-14H,6-11H2,1H3,(H,23,25)/t12-,13-,14+/m1/s1. The SMILES string of the molecule is CN(CC(=O)Nc1ccccc1C(F)(F)F)C(=O)C[C@@H]1C[C@@H]2CC[C@@H]1C2. The number of para-hydroxylation sites is 1. The predicted octanol–water partition coefficient (Wildman–Crippen LogP) is 3.93. The molecule has 0 radical (unpaired) electrons. The van der Waals surface area contributed by atoms with Crippen LogP contribution in [-0.2, 0) is 15.8 Å². The van der Waals surface area contributed by atoms with Crippen LogP contribution in [0, 0.1) is 17.8 Å². The Bertz CT molecular complexity index is 690. The van der Waals surface area contributed by atoms with Crippen LogP contribution < -0.4 is 5.32 Å². The minimum absolute atomic E-state index is 0.123. The number of carbonyl (C=O) groups is 2. The van der Waals surface area contributed by atoms with Crippen molar-refractivity contribution in [1.29, 1.82) is 0 Å². The quantitative estimate of drug-likeness (QED) is 0.856. The molecule has 3 atom stereocenters. The van der Waals surface area contributed by atoms with E-state index in [1.54, 1.807) is 0 Å². The average molecular weight is 368 g/mol. The molecule has 0 aliphatic heterocycles. The van der Waals surface area contributed by atoms with E-state index in [2.05, 4.69) is 5.32 Å². The van der Waals surface area contributed by atoms with Gasteiger partial charge in [-0.05, 0) is 49.1 Å². The number of nitrogens with one attached hydrogen (secondary N) is 1. The van der Waals surface area contributed by atoms with E-state index in [0.717, 1.165) is 18.4 Å². The van der Waals surface area contributed by atoms with Crippen molar-refractivity contribution in [3.8, 4) is 0 Å². The molecule has 4 nitrogen and oxygen atoms in total. The van der Waals surface area contributed by atoms with Crippen molar-refractivity contribution in [2.24, 2.45) is 17.8 Å². The van der Waals surface area contributed by atoms with Crippen LogP contribution in [0.3, 0.4) is 0 Å². The van der Waals surface area contributed by atoms with Crippen molar-refractivity contribution in [1.82, 2.24) is 4.90 Å². The zero-order valence-corrected chi connectivity index (χ0v) is 14.7. The van der Waals surface area contributed by atoms with E-state index < -0.39 is 17.6 Å². The average Bonchev–Trinajstić information content (AvgIpc) is 3.17. The van der Waals surface area contributed by atoms with Crippen LogP contribution in [0.25, 0.3) is 0 Å². The summed E-state index contributed by atoms with van der Waals surface area (Å²) in [5.74, 6) is 0.986. The summed E-state index contributed by atoms with van der Waals surface area (Å²) in [7, 11) is 1.52. The number of nitrogens with zero attached hydrogens (tertiary/aromatic N) is 1. The molecule has 2 aliphatic carbocycles. The number of fused-ring (bicyclic) bond motifs is 2. The van der Waals surface area contributed by atoms with E-state index in [1.807, 2.05) is 0 Å². The Labute approximate surface area is 150 Å². The summed E-state index contributed by atoms with van der Waals surface area (Å²) >= 11 is 0. The van der Waals surface area contributed by atoms with E-state index >= 15 is 0 Å². The van der Waals surface area contributed by atoms with Crippen molar-refractivity contribution >= 4 is 17.5 Å². The highest BCUT2D eigenvalue weighted by Crippen LogP contribution is 2.49. The molecule has 2 aliphatic rings. The topological polar surface area (TPSA) is 49.4 Å². The number of anilines is 1. The van der Waals surface area contributed by atoms with Gasteiger partial charge in [0.15, 0.2) is 0 Å². The van der Waals surface area contributed by atoms with Crippen molar-refractivity contribution in [2.75, 3.05) is 18.9 Å². The van der Waals surface area contributed by atoms with Gasteiger partial charge in [0, 0.05) is 13.5 Å². The Morgan fingerprint density at radius 3 is 2.54 bits per heavy atom. The van der Waals surface area contributed by atoms with E-state index in [4.69, 9.17) is 0 Å². The van der Waals surface area contributed by atoms with E-state index in [1.165, 1.54) is 49.4 Å². The molecule has 1 aromatic rings. The lowest BCUT2D eigenvalue weighted by Gasteiger charge is -2.24. The molecule has 3 rings (SSSR count). The first-order valence-electron chi connectivity index (χ1n) is 8.94. The maximum atomic E-state index is 13.0. The maximum absolute atomic E-state index is 13.0. The molecule has 0 spiro atoms. The number of alkyl halides is 3. The summed E-state index contributed by atoms with van der Waals surface area (Å²) in [5.41, 5.74) is -1.19. The highest BCUT2D eigenvalue weighted by molar-refractivity contribution is 5.95. The molecule has 0 aromatic heterocycles. The van der Waals surface area contributed by atoms with Crippen LogP contribution in [0.1, 0.15) is 37.7 Å². The molecule has 2 fully saturated rings. The molecular formula is C19H23F3N2O2. The second kappa shape index (κ2) is 7.29. The first kappa shape index (κ1) is 18.7. The molecule has 7 heteroatoms. The van der Waals surface area contributed by atoms with Gasteiger partial charge in [0.1, 0.15) is 0 Å². The summed E-state index contributed by atoms with van der Waals surface area (Å²) in [4.78, 5) is 25.8. The van der Waals surface area contributed by atoms with Gasteiger partial charge in [0.2, 0.25) is 11.8 Å². The molecule has 2 saturated carbocycles. The van der Waals surface area contributed by atoms with Gasteiger partial charge in [0.05, 0.1) is 17.8 Å². The van der Waals surface area contributed by atoms with Crippen LogP contribution >= 0.6 is 0 Å². The second-order valence-corrected chi connectivity index (χ2v) is 7.48. The third-order valence-corrected chi connectivity index (χ3v) is 5.63. The van der Waals surface area contributed by atoms with Crippen molar-refractivity contribution < 1.29 is 22.8 Å². The number of rotatable bonds is 5. The van der Waals surface area contributed by atoms with E-state index in [9.17, 15) is 22.8 Å². The summed E-state index contributed by atoms with van der Waals surface area (Å²) in [6.45, 7) is -0.258. The number of halogens is 3. The van der Waals surface area contributed by atoms with Gasteiger partial charge in [-0.1, -0.05) is 18.6 Å². The number of likely N-dealkylation sites (N-methyl/N-ethyl adjacent to an activating group) is 1. The zero-order valence-electron chi connectivity index (χ0n) is 14.7. The highest BCUT2D eigenvalue weighted by Gasteiger charge is 2.40. The normalized spacial score (nSPS) is 24.5. The molecule has 1 aromatic carbocycles. The van der Waals surface area contributed by atoms with Gasteiger partial charge in [-0.25, -0.2) is 0 Å². The lowest BCUT2D eigenvalue weighted by Crippen LogP contribution is -2.36. The highest BCUT2D eigenvalue weighted by atomic mass is 19.4. The summed E-state index contributed by atoms with van der Waals surface area (Å²) in [5, 5.41) is 2.27. The van der Waals surface area contributed by atoms with Gasteiger partial charge in [-0.2, -0.15) is 13.2 Å². The van der Waals surface area contributed by atoms with Crippen LogP contribution in [0.2, 0.25) is 0 Å². The van der Waals surface area contributed by atoms with Gasteiger partial charge in [-0.3, -0.25) is 9.59 Å². The number of carbonyl (C=O) groups excluding carboxylic acids is 2. The molecule has 2 bridgehead atoms. The zero-order chi connectivity index (χ0) is 18.9. The fourth-order valence-electron chi connectivity index (χ4n) is 4.34. The molecule has 2 amide bonds. The minimum Gasteiger partial charge on any atom is -0.336 e. The third-order valence-electron chi connectivity index (χ3n) is 5.63. The molecule has 0 unspecified atom stereocenters. The third kappa shape index (κ3) is 4.19. The smallest absolute Gasteiger partial charge is 0.336 e. The van der Waals surface area contributed by atoms with Gasteiger partial charge in [0.25, 0.3) is 0 Å². The molecule has 1 N–H and O–H groups in total. The number of hydrogen-bond donors (Lipinski definition) is 1. The molecule has 0 saturated heterocycles. The first-order chi connectivity index (χ1) is 12.2. The maximum Gasteiger partial charge on any atom is 0.418 e. The fraction of sp³-hybridized carbons (Fsp3) is 0.579. The summed E-state index contributed by atoms with van der Waals surface area (Å²) in [6.07, 6.45) is 0.594. The molecular weight excluding hydrogens is 345 g/mol. The summed E-state index contributed by atoms with van der Waals surface area (Å²) < 4.78 is 38.9. The lowest BCUT2D eigenvalue weighted by atomic mass is 9.86. The Morgan fingerprint density at radius 2 is 1.92 bits per heavy atom. The molecule has 0 heterocycles. The van der Waals surface area contributed by atoms with E-state index in [0.29, 0.717) is 18.3 Å². The summed E-state index contributed by atoms with van der Waals surface area (Å²) in [6, 6.07) is 4.82. The van der Waals surface area contributed by atoms with E-state index in [-0.39, 0.29) is 18.1 Å². The number of amides is 2. The van der Waals surface area contributed by atoms with Crippen LogP contribution in [-0.4, -0.2) is 30.3 Å². The monoisotopic (exact) mass is 368 g/mol. The fourth-order valence-corrected chi connectivity index (χ4v) is 4.34. The van der Waals surface area contributed by atoms with Crippen LogP contribution in [0.5, 0.6) is 0 Å². The Kier molecular flexibility index (Phi) is 5.25. The minimum atomic E-state index is -4.55. The Balaban J connectivity index is 1.54. The number of hydrogen-bond acceptors (Lipinski definition) is 2. The van der Waals surface area contributed by atoms with Crippen molar-refractivity contribution in [2.45, 2.75) is 38.3 Å². The predicted molar refractivity (Wildman–Crippen MR) is 91.3 cm³/mol. The Hall–Kier alpha value is -2.05. The molecule has 26 heavy (non-hydrogen) atoms. The van der Waals surface area contributed by atoms with Crippen molar-refractivity contribution in [3.05, 3.63) is 29.8 Å². The Morgan fingerprint density at radius 1 is 1.19 bits per heavy atom. The number of benzene rings is 1. The second-order valence-electron chi connectivity index (χ2n) is 7.48. The van der Waals surface area contributed by atoms with Crippen LogP contribution in [0.15, 0.2) is 24.3 Å². The van der Waals surface area contributed by atoms with Crippen LogP contribution in [0.4, 0.5) is 18.9 Å². The molecule has 142 valence electrons. The van der Waals surface area contributed by atoms with Gasteiger partial charge >= 0.3 is 6.18 Å². The first-order valence-corrected chi connectivity index (χ1v) is 8.94.